The molecule has 6 heteroatoms. The standard InChI is InChI=1S/C18H29N5O/c1-3-22-10-12-23(13-11-22)17-7-5-4-6-16(17)20-18(24)19-15-8-9-21(2)14-15/h4-7,15H,3,8-14H2,1-2H3,(H2,19,20,24)/t15-/m0/s1. The molecule has 132 valence electrons. The van der Waals surface area contributed by atoms with E-state index in [0.717, 1.165) is 63.6 Å². The molecule has 2 heterocycles. The van der Waals surface area contributed by atoms with E-state index >= 15 is 0 Å². The van der Waals surface area contributed by atoms with Crippen LogP contribution in [-0.4, -0.2) is 74.7 Å². The Kier molecular flexibility index (Phi) is 5.58. The lowest BCUT2D eigenvalue weighted by Gasteiger charge is -2.36. The number of likely N-dealkylation sites (N-methyl/N-ethyl adjacent to an activating group) is 2. The molecule has 1 atom stereocenters. The molecule has 1 aromatic carbocycles. The van der Waals surface area contributed by atoms with Gasteiger partial charge in [-0.15, -0.1) is 0 Å². The topological polar surface area (TPSA) is 50.9 Å². The van der Waals surface area contributed by atoms with E-state index in [9.17, 15) is 4.79 Å². The number of carbonyl (C=O) groups is 1. The third kappa shape index (κ3) is 4.19. The highest BCUT2D eigenvalue weighted by molar-refractivity contribution is 5.93. The van der Waals surface area contributed by atoms with Crippen molar-refractivity contribution < 1.29 is 4.79 Å². The smallest absolute Gasteiger partial charge is 0.319 e. The maximum Gasteiger partial charge on any atom is 0.319 e. The number of amides is 2. The lowest BCUT2D eigenvalue weighted by atomic mass is 10.2. The molecule has 2 saturated heterocycles. The zero-order chi connectivity index (χ0) is 16.9. The summed E-state index contributed by atoms with van der Waals surface area (Å²) in [5, 5.41) is 6.14. The van der Waals surface area contributed by atoms with Crippen molar-refractivity contribution >= 4 is 17.4 Å². The Hall–Kier alpha value is -1.79. The highest BCUT2D eigenvalue weighted by Crippen LogP contribution is 2.26. The van der Waals surface area contributed by atoms with Crippen molar-refractivity contribution in [3.63, 3.8) is 0 Å². The first-order valence-electron chi connectivity index (χ1n) is 8.98. The van der Waals surface area contributed by atoms with Crippen LogP contribution in [0.1, 0.15) is 13.3 Å². The summed E-state index contributed by atoms with van der Waals surface area (Å²) in [7, 11) is 2.09. The van der Waals surface area contributed by atoms with E-state index in [0.29, 0.717) is 0 Å². The monoisotopic (exact) mass is 331 g/mol. The van der Waals surface area contributed by atoms with E-state index in [2.05, 4.69) is 45.4 Å². The van der Waals surface area contributed by atoms with Gasteiger partial charge in [0.1, 0.15) is 0 Å². The van der Waals surface area contributed by atoms with E-state index in [-0.39, 0.29) is 12.1 Å². The Labute approximate surface area is 144 Å². The second-order valence-corrected chi connectivity index (χ2v) is 6.78. The molecular formula is C18H29N5O. The minimum absolute atomic E-state index is 0.102. The molecule has 0 aliphatic carbocycles. The number of piperazine rings is 1. The molecule has 2 N–H and O–H groups in total. The summed E-state index contributed by atoms with van der Waals surface area (Å²) >= 11 is 0. The van der Waals surface area contributed by atoms with E-state index < -0.39 is 0 Å². The number of nitrogens with zero attached hydrogens (tertiary/aromatic N) is 3. The lowest BCUT2D eigenvalue weighted by molar-refractivity contribution is 0.248. The van der Waals surface area contributed by atoms with Gasteiger partial charge in [-0.1, -0.05) is 19.1 Å². The van der Waals surface area contributed by atoms with Crippen molar-refractivity contribution in [3.8, 4) is 0 Å². The fourth-order valence-corrected chi connectivity index (χ4v) is 3.56. The fourth-order valence-electron chi connectivity index (χ4n) is 3.56. The van der Waals surface area contributed by atoms with Crippen molar-refractivity contribution in [1.82, 2.24) is 15.1 Å². The highest BCUT2D eigenvalue weighted by Gasteiger charge is 2.22. The normalized spacial score (nSPS) is 22.6. The summed E-state index contributed by atoms with van der Waals surface area (Å²) < 4.78 is 0. The van der Waals surface area contributed by atoms with Crippen LogP contribution in [0.4, 0.5) is 16.2 Å². The number of hydrogen-bond donors (Lipinski definition) is 2. The molecule has 3 rings (SSSR count). The van der Waals surface area contributed by atoms with Crippen LogP contribution in [0.3, 0.4) is 0 Å². The Balaban J connectivity index is 1.60. The summed E-state index contributed by atoms with van der Waals surface area (Å²) in [4.78, 5) is 19.4. The largest absolute Gasteiger partial charge is 0.367 e. The first-order valence-corrected chi connectivity index (χ1v) is 8.98. The minimum Gasteiger partial charge on any atom is -0.367 e. The van der Waals surface area contributed by atoms with Crippen LogP contribution < -0.4 is 15.5 Å². The number of para-hydroxylation sites is 2. The van der Waals surface area contributed by atoms with Gasteiger partial charge in [0.25, 0.3) is 0 Å². The Morgan fingerprint density at radius 2 is 1.92 bits per heavy atom. The molecule has 0 bridgehead atoms. The van der Waals surface area contributed by atoms with Crippen molar-refractivity contribution in [1.29, 1.82) is 0 Å². The van der Waals surface area contributed by atoms with Gasteiger partial charge in [-0.05, 0) is 38.7 Å². The predicted molar refractivity (Wildman–Crippen MR) is 98.8 cm³/mol. The number of hydrogen-bond acceptors (Lipinski definition) is 4. The number of likely N-dealkylation sites (tertiary alicyclic amines) is 1. The van der Waals surface area contributed by atoms with Gasteiger partial charge in [0.2, 0.25) is 0 Å². The molecule has 24 heavy (non-hydrogen) atoms. The number of carbonyl (C=O) groups excluding carboxylic acids is 1. The second-order valence-electron chi connectivity index (χ2n) is 6.78. The summed E-state index contributed by atoms with van der Waals surface area (Å²) in [5.74, 6) is 0. The summed E-state index contributed by atoms with van der Waals surface area (Å²) in [6, 6.07) is 8.24. The quantitative estimate of drug-likeness (QED) is 0.881. The van der Waals surface area contributed by atoms with Gasteiger partial charge in [0.15, 0.2) is 0 Å². The molecule has 0 radical (unpaired) electrons. The van der Waals surface area contributed by atoms with Gasteiger partial charge < -0.3 is 25.3 Å². The van der Waals surface area contributed by atoms with Gasteiger partial charge in [0, 0.05) is 38.8 Å². The lowest BCUT2D eigenvalue weighted by Crippen LogP contribution is -2.46. The van der Waals surface area contributed by atoms with Crippen LogP contribution in [0.25, 0.3) is 0 Å². The maximum absolute atomic E-state index is 12.3. The SMILES string of the molecule is CCN1CCN(c2ccccc2NC(=O)N[C@H]2CCN(C)C2)CC1. The molecule has 0 spiro atoms. The molecule has 0 unspecified atom stereocenters. The molecular weight excluding hydrogens is 302 g/mol. The molecule has 1 aromatic rings. The average molecular weight is 331 g/mol. The minimum atomic E-state index is -0.102. The zero-order valence-electron chi connectivity index (χ0n) is 14.8. The van der Waals surface area contributed by atoms with E-state index in [1.165, 1.54) is 0 Å². The Bertz CT molecular complexity index is 556. The first kappa shape index (κ1) is 17.0. The molecule has 2 aliphatic heterocycles. The van der Waals surface area contributed by atoms with Crippen LogP contribution in [0, 0.1) is 0 Å². The van der Waals surface area contributed by atoms with Crippen LogP contribution in [0.5, 0.6) is 0 Å². The van der Waals surface area contributed by atoms with Crippen LogP contribution >= 0.6 is 0 Å². The van der Waals surface area contributed by atoms with Crippen LogP contribution in [0.15, 0.2) is 24.3 Å². The summed E-state index contributed by atoms with van der Waals surface area (Å²) in [6.45, 7) is 9.43. The summed E-state index contributed by atoms with van der Waals surface area (Å²) in [6.07, 6.45) is 1.02. The molecule has 2 fully saturated rings. The van der Waals surface area contributed by atoms with E-state index in [1.807, 2.05) is 18.2 Å². The number of rotatable bonds is 4. The zero-order valence-corrected chi connectivity index (χ0v) is 14.8. The molecule has 2 amide bonds. The molecule has 0 saturated carbocycles. The molecule has 2 aliphatic rings. The molecule has 6 nitrogen and oxygen atoms in total. The van der Waals surface area contributed by atoms with Gasteiger partial charge in [-0.25, -0.2) is 4.79 Å². The van der Waals surface area contributed by atoms with E-state index in [1.54, 1.807) is 0 Å². The second kappa shape index (κ2) is 7.85. The number of nitrogens with one attached hydrogen (secondary N) is 2. The predicted octanol–water partition coefficient (Wildman–Crippen LogP) is 1.65. The van der Waals surface area contributed by atoms with Crippen molar-refractivity contribution in [3.05, 3.63) is 24.3 Å². The van der Waals surface area contributed by atoms with Crippen LogP contribution in [0.2, 0.25) is 0 Å². The summed E-state index contributed by atoms with van der Waals surface area (Å²) in [5.41, 5.74) is 2.01. The fraction of sp³-hybridized carbons (Fsp3) is 0.611. The Morgan fingerprint density at radius 3 is 2.58 bits per heavy atom. The van der Waals surface area contributed by atoms with Gasteiger partial charge in [-0.3, -0.25) is 0 Å². The van der Waals surface area contributed by atoms with Gasteiger partial charge in [-0.2, -0.15) is 0 Å². The average Bonchev–Trinajstić information content (AvgIpc) is 3.00. The molecule has 0 aromatic heterocycles. The third-order valence-corrected chi connectivity index (χ3v) is 5.04. The number of benzene rings is 1. The van der Waals surface area contributed by atoms with Crippen molar-refractivity contribution in [2.24, 2.45) is 0 Å². The highest BCUT2D eigenvalue weighted by atomic mass is 16.2. The van der Waals surface area contributed by atoms with Crippen molar-refractivity contribution in [2.75, 3.05) is 63.1 Å². The number of anilines is 2. The van der Waals surface area contributed by atoms with E-state index in [4.69, 9.17) is 0 Å². The van der Waals surface area contributed by atoms with Crippen molar-refractivity contribution in [2.45, 2.75) is 19.4 Å². The number of urea groups is 1. The Morgan fingerprint density at radius 1 is 1.17 bits per heavy atom. The first-order chi connectivity index (χ1) is 11.7. The third-order valence-electron chi connectivity index (χ3n) is 5.04. The van der Waals surface area contributed by atoms with Gasteiger partial charge >= 0.3 is 6.03 Å². The van der Waals surface area contributed by atoms with Gasteiger partial charge in [0.05, 0.1) is 11.4 Å². The maximum atomic E-state index is 12.3. The van der Waals surface area contributed by atoms with Crippen LogP contribution in [-0.2, 0) is 0 Å².